The molecular weight excluding hydrogens is 185 g/mol. The first kappa shape index (κ1) is 10.9. The first-order valence-corrected chi connectivity index (χ1v) is 4.42. The van der Waals surface area contributed by atoms with E-state index >= 15 is 0 Å². The van der Waals surface area contributed by atoms with Crippen molar-refractivity contribution in [1.82, 2.24) is 0 Å². The Morgan fingerprint density at radius 3 is 2.79 bits per heavy atom. The monoisotopic (exact) mass is 199 g/mol. The second kappa shape index (κ2) is 4.93. The molecular formula is C10H14FNO2. The number of anilines is 1. The van der Waals surface area contributed by atoms with Crippen LogP contribution in [0.2, 0.25) is 0 Å². The number of benzene rings is 1. The molecule has 0 aliphatic rings. The van der Waals surface area contributed by atoms with Crippen LogP contribution in [0, 0.1) is 12.7 Å². The summed E-state index contributed by atoms with van der Waals surface area (Å²) in [5.74, 6) is -0.284. The summed E-state index contributed by atoms with van der Waals surface area (Å²) in [6, 6.07) is 4.74. The third kappa shape index (κ3) is 2.97. The molecule has 14 heavy (non-hydrogen) atoms. The fourth-order valence-corrected chi connectivity index (χ4v) is 1.00. The van der Waals surface area contributed by atoms with Gasteiger partial charge in [-0.1, -0.05) is 6.07 Å². The van der Waals surface area contributed by atoms with Gasteiger partial charge in [-0.15, -0.1) is 0 Å². The number of rotatable bonds is 4. The number of aryl methyl sites for hydroxylation is 1. The van der Waals surface area contributed by atoms with Gasteiger partial charge in [-0.3, -0.25) is 0 Å². The maximum absolute atomic E-state index is 13.0. The van der Waals surface area contributed by atoms with Gasteiger partial charge < -0.3 is 15.5 Å². The first-order valence-electron chi connectivity index (χ1n) is 4.42. The van der Waals surface area contributed by atoms with Gasteiger partial charge in [0.05, 0.1) is 12.7 Å². The van der Waals surface area contributed by atoms with E-state index in [-0.39, 0.29) is 19.0 Å². The summed E-state index contributed by atoms with van der Waals surface area (Å²) >= 11 is 0. The highest BCUT2D eigenvalue weighted by Crippen LogP contribution is 2.13. The smallest absolute Gasteiger partial charge is 0.128 e. The molecule has 3 nitrogen and oxygen atoms in total. The zero-order chi connectivity index (χ0) is 10.6. The molecule has 0 radical (unpaired) electrons. The highest BCUT2D eigenvalue weighted by atomic mass is 19.1. The molecule has 0 saturated carbocycles. The van der Waals surface area contributed by atoms with Crippen molar-refractivity contribution in [3.63, 3.8) is 0 Å². The van der Waals surface area contributed by atoms with Gasteiger partial charge in [-0.05, 0) is 24.6 Å². The molecule has 1 aromatic carbocycles. The average molecular weight is 199 g/mol. The molecule has 78 valence electrons. The van der Waals surface area contributed by atoms with E-state index in [2.05, 4.69) is 5.32 Å². The molecule has 0 unspecified atom stereocenters. The Morgan fingerprint density at radius 2 is 2.21 bits per heavy atom. The lowest BCUT2D eigenvalue weighted by molar-refractivity contribution is 0.105. The van der Waals surface area contributed by atoms with E-state index in [1.165, 1.54) is 6.07 Å². The summed E-state index contributed by atoms with van der Waals surface area (Å²) in [5, 5.41) is 20.4. The van der Waals surface area contributed by atoms with Gasteiger partial charge in [0, 0.05) is 12.2 Å². The van der Waals surface area contributed by atoms with E-state index in [0.717, 1.165) is 0 Å². The summed E-state index contributed by atoms with van der Waals surface area (Å²) in [5.41, 5.74) is 1.18. The zero-order valence-electron chi connectivity index (χ0n) is 8.00. The number of hydrogen-bond acceptors (Lipinski definition) is 3. The normalized spacial score (nSPS) is 12.6. The van der Waals surface area contributed by atoms with Crippen LogP contribution in [0.1, 0.15) is 5.56 Å². The van der Waals surface area contributed by atoms with Gasteiger partial charge in [0.15, 0.2) is 0 Å². The highest BCUT2D eigenvalue weighted by molar-refractivity contribution is 5.45. The third-order valence-electron chi connectivity index (χ3n) is 1.92. The predicted molar refractivity (Wildman–Crippen MR) is 52.7 cm³/mol. The van der Waals surface area contributed by atoms with Crippen LogP contribution < -0.4 is 5.32 Å². The van der Waals surface area contributed by atoms with E-state index in [0.29, 0.717) is 11.3 Å². The highest BCUT2D eigenvalue weighted by Gasteiger charge is 2.02. The zero-order valence-corrected chi connectivity index (χ0v) is 8.00. The number of hydrogen-bond donors (Lipinski definition) is 3. The molecule has 0 heterocycles. The summed E-state index contributed by atoms with van der Waals surface area (Å²) in [6.07, 6.45) is -0.820. The van der Waals surface area contributed by atoms with Crippen LogP contribution in [0.25, 0.3) is 0 Å². The molecule has 1 atom stereocenters. The van der Waals surface area contributed by atoms with Gasteiger partial charge in [-0.2, -0.15) is 0 Å². The van der Waals surface area contributed by atoms with Crippen molar-refractivity contribution in [2.75, 3.05) is 18.5 Å². The van der Waals surface area contributed by atoms with Gasteiger partial charge >= 0.3 is 0 Å². The van der Waals surface area contributed by atoms with E-state index in [1.54, 1.807) is 19.1 Å². The molecule has 3 N–H and O–H groups in total. The number of aliphatic hydroxyl groups is 2. The van der Waals surface area contributed by atoms with Gasteiger partial charge in [0.2, 0.25) is 0 Å². The number of aliphatic hydroxyl groups excluding tert-OH is 2. The fraction of sp³-hybridized carbons (Fsp3) is 0.400. The first-order chi connectivity index (χ1) is 6.63. The van der Waals surface area contributed by atoms with Crippen molar-refractivity contribution in [1.29, 1.82) is 0 Å². The van der Waals surface area contributed by atoms with Gasteiger partial charge in [0.1, 0.15) is 5.82 Å². The van der Waals surface area contributed by atoms with E-state index in [4.69, 9.17) is 10.2 Å². The summed E-state index contributed by atoms with van der Waals surface area (Å²) in [4.78, 5) is 0. The van der Waals surface area contributed by atoms with Crippen molar-refractivity contribution >= 4 is 5.69 Å². The van der Waals surface area contributed by atoms with E-state index in [1.807, 2.05) is 0 Å². The molecule has 0 aliphatic carbocycles. The van der Waals surface area contributed by atoms with Gasteiger partial charge in [0.25, 0.3) is 0 Å². The van der Waals surface area contributed by atoms with Crippen LogP contribution >= 0.6 is 0 Å². The van der Waals surface area contributed by atoms with Crippen molar-refractivity contribution in [3.8, 4) is 0 Å². The number of nitrogens with one attached hydrogen (secondary N) is 1. The van der Waals surface area contributed by atoms with Crippen LogP contribution in [0.5, 0.6) is 0 Å². The lowest BCUT2D eigenvalue weighted by Gasteiger charge is -2.10. The molecule has 0 fully saturated rings. The van der Waals surface area contributed by atoms with Crippen LogP contribution in [0.4, 0.5) is 10.1 Å². The standard InChI is InChI=1S/C10H14FNO2/c1-7-2-3-8(4-10(7)11)12-5-9(14)6-13/h2-4,9,12-14H,5-6H2,1H3/t9-/m0/s1. The largest absolute Gasteiger partial charge is 0.394 e. The molecule has 0 saturated heterocycles. The lowest BCUT2D eigenvalue weighted by Crippen LogP contribution is -2.22. The predicted octanol–water partition coefficient (Wildman–Crippen LogP) is 0.899. The summed E-state index contributed by atoms with van der Waals surface area (Å²) in [6.45, 7) is 1.59. The van der Waals surface area contributed by atoms with Crippen molar-refractivity contribution in [2.45, 2.75) is 13.0 Å². The molecule has 0 spiro atoms. The quantitative estimate of drug-likeness (QED) is 0.675. The Morgan fingerprint density at radius 1 is 1.50 bits per heavy atom. The average Bonchev–Trinajstić information content (AvgIpc) is 2.19. The topological polar surface area (TPSA) is 52.5 Å². The van der Waals surface area contributed by atoms with Crippen LogP contribution in [0.15, 0.2) is 18.2 Å². The minimum Gasteiger partial charge on any atom is -0.394 e. The maximum Gasteiger partial charge on any atom is 0.128 e. The van der Waals surface area contributed by atoms with Gasteiger partial charge in [-0.25, -0.2) is 4.39 Å². The Hall–Kier alpha value is -1.13. The maximum atomic E-state index is 13.0. The molecule has 0 bridgehead atoms. The Bertz CT molecular complexity index is 304. The minimum absolute atomic E-state index is 0.207. The molecule has 4 heteroatoms. The van der Waals surface area contributed by atoms with Crippen LogP contribution in [0.3, 0.4) is 0 Å². The van der Waals surface area contributed by atoms with Crippen molar-refractivity contribution in [3.05, 3.63) is 29.6 Å². The Kier molecular flexibility index (Phi) is 3.85. The molecule has 1 aromatic rings. The molecule has 0 aliphatic heterocycles. The third-order valence-corrected chi connectivity index (χ3v) is 1.92. The number of halogens is 1. The second-order valence-corrected chi connectivity index (χ2v) is 3.18. The van der Waals surface area contributed by atoms with Crippen LogP contribution in [-0.4, -0.2) is 29.5 Å². The second-order valence-electron chi connectivity index (χ2n) is 3.18. The molecule has 0 aromatic heterocycles. The van der Waals surface area contributed by atoms with Crippen LogP contribution in [-0.2, 0) is 0 Å². The Labute approximate surface area is 82.2 Å². The molecule has 0 amide bonds. The SMILES string of the molecule is Cc1ccc(NC[C@H](O)CO)cc1F. The lowest BCUT2D eigenvalue weighted by atomic mass is 10.2. The van der Waals surface area contributed by atoms with E-state index in [9.17, 15) is 4.39 Å². The fourth-order valence-electron chi connectivity index (χ4n) is 1.00. The Balaban J connectivity index is 2.55. The van der Waals surface area contributed by atoms with Crippen molar-refractivity contribution in [2.24, 2.45) is 0 Å². The van der Waals surface area contributed by atoms with Crippen molar-refractivity contribution < 1.29 is 14.6 Å². The molecule has 1 rings (SSSR count). The minimum atomic E-state index is -0.820. The summed E-state index contributed by atoms with van der Waals surface area (Å²) < 4.78 is 13.0. The van der Waals surface area contributed by atoms with E-state index < -0.39 is 6.10 Å². The summed E-state index contributed by atoms with van der Waals surface area (Å²) in [7, 11) is 0.